The van der Waals surface area contributed by atoms with E-state index < -0.39 is 0 Å². The van der Waals surface area contributed by atoms with E-state index in [0.717, 1.165) is 43.2 Å². The molecular weight excluding hydrogens is 296 g/mol. The Bertz CT molecular complexity index is 505. The second kappa shape index (κ2) is 7.11. The molecule has 1 aromatic carbocycles. The largest absolute Gasteiger partial charge is 0.493 e. The Morgan fingerprint density at radius 1 is 1.41 bits per heavy atom. The summed E-state index contributed by atoms with van der Waals surface area (Å²) in [5.74, 6) is 4.61. The van der Waals surface area contributed by atoms with Crippen LogP contribution in [0.1, 0.15) is 24.4 Å². The maximum atomic E-state index is 6.35. The van der Waals surface area contributed by atoms with E-state index in [4.69, 9.17) is 15.2 Å². The summed E-state index contributed by atoms with van der Waals surface area (Å²) in [6.45, 7) is 1.80. The van der Waals surface area contributed by atoms with Gasteiger partial charge in [0.25, 0.3) is 0 Å². The van der Waals surface area contributed by atoms with Crippen LogP contribution in [0.4, 0.5) is 0 Å². The van der Waals surface area contributed by atoms with Crippen LogP contribution in [-0.4, -0.2) is 49.8 Å². The molecule has 2 saturated heterocycles. The molecule has 0 aromatic heterocycles. The molecular formula is C17H26N2O2S. The maximum Gasteiger partial charge on any atom is 0.166 e. The minimum atomic E-state index is 0.303. The average molecular weight is 322 g/mol. The molecule has 0 radical (unpaired) electrons. The average Bonchev–Trinajstić information content (AvgIpc) is 3.17. The third-order valence-corrected chi connectivity index (χ3v) is 5.86. The Kier molecular flexibility index (Phi) is 5.16. The molecule has 0 spiro atoms. The molecule has 4 nitrogen and oxygen atoms in total. The normalized spacial score (nSPS) is 29.0. The first-order valence-corrected chi connectivity index (χ1v) is 9.20. The fraction of sp³-hybridized carbons (Fsp3) is 0.647. The molecule has 0 bridgehead atoms. The molecule has 5 heteroatoms. The van der Waals surface area contributed by atoms with Crippen molar-refractivity contribution in [3.63, 3.8) is 0 Å². The molecule has 2 fully saturated rings. The minimum absolute atomic E-state index is 0.303. The predicted octanol–water partition coefficient (Wildman–Crippen LogP) is 2.53. The van der Waals surface area contributed by atoms with Gasteiger partial charge < -0.3 is 15.2 Å². The number of benzene rings is 1. The first-order valence-electron chi connectivity index (χ1n) is 8.04. The summed E-state index contributed by atoms with van der Waals surface area (Å²) in [5.41, 5.74) is 7.12. The number of para-hydroxylation sites is 1. The zero-order valence-corrected chi connectivity index (χ0v) is 14.3. The van der Waals surface area contributed by atoms with Crippen molar-refractivity contribution in [1.29, 1.82) is 0 Å². The molecule has 2 heterocycles. The number of methoxy groups -OCH3 is 1. The number of ether oxygens (including phenoxy) is 2. The number of nitrogens with zero attached hydrogens (tertiary/aromatic N) is 1. The minimum Gasteiger partial charge on any atom is -0.493 e. The SMILES string of the molecule is COc1cccc(C2CC(CN)CN2C)c1OC1CCSC1. The van der Waals surface area contributed by atoms with Crippen LogP contribution in [-0.2, 0) is 0 Å². The third kappa shape index (κ3) is 3.21. The summed E-state index contributed by atoms with van der Waals surface area (Å²) in [7, 11) is 3.89. The van der Waals surface area contributed by atoms with Gasteiger partial charge in [-0.05, 0) is 44.2 Å². The van der Waals surface area contributed by atoms with Crippen LogP contribution >= 0.6 is 11.8 Å². The zero-order chi connectivity index (χ0) is 15.5. The van der Waals surface area contributed by atoms with Gasteiger partial charge in [0.05, 0.1) is 7.11 Å². The van der Waals surface area contributed by atoms with E-state index in [1.54, 1.807) is 7.11 Å². The third-order valence-electron chi connectivity index (χ3n) is 4.73. The van der Waals surface area contributed by atoms with Crippen molar-refractivity contribution < 1.29 is 9.47 Å². The second-order valence-electron chi connectivity index (χ2n) is 6.27. The highest BCUT2D eigenvalue weighted by Crippen LogP contribution is 2.43. The lowest BCUT2D eigenvalue weighted by Gasteiger charge is -2.25. The van der Waals surface area contributed by atoms with E-state index >= 15 is 0 Å². The zero-order valence-electron chi connectivity index (χ0n) is 13.5. The van der Waals surface area contributed by atoms with E-state index in [1.807, 2.05) is 17.8 Å². The highest BCUT2D eigenvalue weighted by atomic mass is 32.2. The number of nitrogens with two attached hydrogens (primary N) is 1. The van der Waals surface area contributed by atoms with E-state index in [1.165, 1.54) is 11.3 Å². The quantitative estimate of drug-likeness (QED) is 0.903. The van der Waals surface area contributed by atoms with Gasteiger partial charge in [0.1, 0.15) is 6.10 Å². The summed E-state index contributed by atoms with van der Waals surface area (Å²) in [4.78, 5) is 2.39. The molecule has 3 atom stereocenters. The van der Waals surface area contributed by atoms with E-state index in [-0.39, 0.29) is 0 Å². The molecule has 0 amide bonds. The van der Waals surface area contributed by atoms with Gasteiger partial charge in [-0.3, -0.25) is 4.90 Å². The Morgan fingerprint density at radius 2 is 2.27 bits per heavy atom. The molecule has 3 unspecified atom stereocenters. The van der Waals surface area contributed by atoms with Crippen molar-refractivity contribution in [3.05, 3.63) is 23.8 Å². The molecule has 2 aliphatic heterocycles. The van der Waals surface area contributed by atoms with Gasteiger partial charge in [-0.2, -0.15) is 11.8 Å². The lowest BCUT2D eigenvalue weighted by Crippen LogP contribution is -2.22. The lowest BCUT2D eigenvalue weighted by atomic mass is 9.98. The molecule has 2 N–H and O–H groups in total. The molecule has 22 heavy (non-hydrogen) atoms. The van der Waals surface area contributed by atoms with Crippen molar-refractivity contribution in [1.82, 2.24) is 4.90 Å². The molecule has 0 aliphatic carbocycles. The Balaban J connectivity index is 1.89. The van der Waals surface area contributed by atoms with Gasteiger partial charge in [-0.15, -0.1) is 0 Å². The predicted molar refractivity (Wildman–Crippen MR) is 91.9 cm³/mol. The Morgan fingerprint density at radius 3 is 2.91 bits per heavy atom. The summed E-state index contributed by atoms with van der Waals surface area (Å²) >= 11 is 1.96. The molecule has 1 aromatic rings. The second-order valence-corrected chi connectivity index (χ2v) is 7.42. The highest BCUT2D eigenvalue weighted by molar-refractivity contribution is 7.99. The number of likely N-dealkylation sites (tertiary alicyclic amines) is 1. The Hall–Kier alpha value is -0.910. The summed E-state index contributed by atoms with van der Waals surface area (Å²) in [6.07, 6.45) is 2.52. The van der Waals surface area contributed by atoms with Gasteiger partial charge >= 0.3 is 0 Å². The molecule has 122 valence electrons. The van der Waals surface area contributed by atoms with Crippen LogP contribution in [0.3, 0.4) is 0 Å². The van der Waals surface area contributed by atoms with Gasteiger partial charge in [-0.1, -0.05) is 12.1 Å². The van der Waals surface area contributed by atoms with Crippen LogP contribution in [0.5, 0.6) is 11.5 Å². The molecule has 3 rings (SSSR count). The van der Waals surface area contributed by atoms with Crippen molar-refractivity contribution >= 4 is 11.8 Å². The van der Waals surface area contributed by atoms with Crippen LogP contribution in [0, 0.1) is 5.92 Å². The van der Waals surface area contributed by atoms with Gasteiger partial charge in [-0.25, -0.2) is 0 Å². The van der Waals surface area contributed by atoms with Gasteiger partial charge in [0, 0.05) is 23.9 Å². The summed E-state index contributed by atoms with van der Waals surface area (Å²) in [6, 6.07) is 6.61. The Labute approximate surface area is 137 Å². The first-order chi connectivity index (χ1) is 10.7. The first kappa shape index (κ1) is 16.0. The summed E-state index contributed by atoms with van der Waals surface area (Å²) in [5, 5.41) is 0. The van der Waals surface area contributed by atoms with Gasteiger partial charge in [0.15, 0.2) is 11.5 Å². The smallest absolute Gasteiger partial charge is 0.166 e. The number of thioether (sulfide) groups is 1. The standard InChI is InChI=1S/C17H26N2O2S/c1-19-10-12(9-18)8-15(19)14-4-3-5-16(20-2)17(14)21-13-6-7-22-11-13/h3-5,12-13,15H,6-11,18H2,1-2H3. The highest BCUT2D eigenvalue weighted by Gasteiger charge is 2.33. The van der Waals surface area contributed by atoms with Crippen LogP contribution < -0.4 is 15.2 Å². The topological polar surface area (TPSA) is 47.7 Å². The van der Waals surface area contributed by atoms with Crippen molar-refractivity contribution in [2.75, 3.05) is 38.8 Å². The van der Waals surface area contributed by atoms with Gasteiger partial charge in [0.2, 0.25) is 0 Å². The van der Waals surface area contributed by atoms with E-state index in [0.29, 0.717) is 18.1 Å². The van der Waals surface area contributed by atoms with Crippen LogP contribution in [0.15, 0.2) is 18.2 Å². The molecule has 0 saturated carbocycles. The van der Waals surface area contributed by atoms with E-state index in [2.05, 4.69) is 24.1 Å². The monoisotopic (exact) mass is 322 g/mol. The maximum absolute atomic E-state index is 6.35. The van der Waals surface area contributed by atoms with Crippen molar-refractivity contribution in [3.8, 4) is 11.5 Å². The fourth-order valence-electron chi connectivity index (χ4n) is 3.49. The van der Waals surface area contributed by atoms with Crippen molar-refractivity contribution in [2.45, 2.75) is 25.0 Å². The van der Waals surface area contributed by atoms with Crippen LogP contribution in [0.2, 0.25) is 0 Å². The lowest BCUT2D eigenvalue weighted by molar-refractivity contribution is 0.208. The fourth-order valence-corrected chi connectivity index (χ4v) is 4.59. The molecule has 2 aliphatic rings. The summed E-state index contributed by atoms with van der Waals surface area (Å²) < 4.78 is 11.9. The number of rotatable bonds is 5. The van der Waals surface area contributed by atoms with Crippen molar-refractivity contribution in [2.24, 2.45) is 11.7 Å². The van der Waals surface area contributed by atoms with E-state index in [9.17, 15) is 0 Å². The number of hydrogen-bond acceptors (Lipinski definition) is 5. The number of hydrogen-bond donors (Lipinski definition) is 1. The van der Waals surface area contributed by atoms with Crippen LogP contribution in [0.25, 0.3) is 0 Å².